The Morgan fingerprint density at radius 3 is 3.00 bits per heavy atom. The van der Waals surface area contributed by atoms with Crippen LogP contribution in [0.1, 0.15) is 13.3 Å². The third-order valence-corrected chi connectivity index (χ3v) is 3.17. The van der Waals surface area contributed by atoms with Gasteiger partial charge in [-0.15, -0.1) is 0 Å². The molecule has 18 heavy (non-hydrogen) atoms. The van der Waals surface area contributed by atoms with Gasteiger partial charge < -0.3 is 21.1 Å². The molecule has 1 heterocycles. The molecule has 0 radical (unpaired) electrons. The van der Waals surface area contributed by atoms with Crippen LogP contribution in [0.2, 0.25) is 0 Å². The summed E-state index contributed by atoms with van der Waals surface area (Å²) < 4.78 is 5.38. The summed E-state index contributed by atoms with van der Waals surface area (Å²) in [6.07, 6.45) is 0.872. The number of nitrogen functional groups attached to an aromatic ring is 1. The van der Waals surface area contributed by atoms with Crippen molar-refractivity contribution < 1.29 is 9.53 Å². The van der Waals surface area contributed by atoms with E-state index in [9.17, 15) is 4.79 Å². The van der Waals surface area contributed by atoms with Crippen LogP contribution >= 0.6 is 0 Å². The first-order valence-electron chi connectivity index (χ1n) is 6.14. The minimum absolute atomic E-state index is 0.0303. The molecule has 5 heteroatoms. The Balaban J connectivity index is 2.19. The maximum absolute atomic E-state index is 11.9. The SMILES string of the molecule is CC(CN)CCN1C(=O)COc2ccc(N)cc21. The molecule has 0 aliphatic carbocycles. The maximum Gasteiger partial charge on any atom is 0.265 e. The van der Waals surface area contributed by atoms with Crippen molar-refractivity contribution in [3.8, 4) is 5.75 Å². The van der Waals surface area contributed by atoms with Crippen LogP contribution in [0.15, 0.2) is 18.2 Å². The van der Waals surface area contributed by atoms with Gasteiger partial charge >= 0.3 is 0 Å². The summed E-state index contributed by atoms with van der Waals surface area (Å²) in [6.45, 7) is 3.44. The fourth-order valence-electron chi connectivity index (χ4n) is 1.93. The molecule has 1 amide bonds. The molecule has 0 aromatic heterocycles. The largest absolute Gasteiger partial charge is 0.482 e. The molecule has 5 nitrogen and oxygen atoms in total. The molecule has 0 fully saturated rings. The van der Waals surface area contributed by atoms with Crippen LogP contribution in [-0.2, 0) is 4.79 Å². The van der Waals surface area contributed by atoms with E-state index in [2.05, 4.69) is 6.92 Å². The number of amides is 1. The molecular formula is C13H19N3O2. The molecule has 0 spiro atoms. The number of nitrogens with two attached hydrogens (primary N) is 2. The molecule has 1 unspecified atom stereocenters. The van der Waals surface area contributed by atoms with E-state index < -0.39 is 0 Å². The zero-order chi connectivity index (χ0) is 13.1. The molecular weight excluding hydrogens is 230 g/mol. The highest BCUT2D eigenvalue weighted by molar-refractivity contribution is 5.98. The zero-order valence-electron chi connectivity index (χ0n) is 10.6. The van der Waals surface area contributed by atoms with Gasteiger partial charge in [0.05, 0.1) is 5.69 Å². The van der Waals surface area contributed by atoms with E-state index >= 15 is 0 Å². The topological polar surface area (TPSA) is 81.6 Å². The predicted octanol–water partition coefficient (Wildman–Crippen LogP) is 0.979. The lowest BCUT2D eigenvalue weighted by molar-refractivity contribution is -0.121. The Kier molecular flexibility index (Phi) is 3.72. The number of nitrogens with zero attached hydrogens (tertiary/aromatic N) is 1. The van der Waals surface area contributed by atoms with Crippen molar-refractivity contribution in [3.05, 3.63) is 18.2 Å². The van der Waals surface area contributed by atoms with Crippen molar-refractivity contribution in [2.45, 2.75) is 13.3 Å². The Morgan fingerprint density at radius 1 is 1.50 bits per heavy atom. The summed E-state index contributed by atoms with van der Waals surface area (Å²) in [5.74, 6) is 1.08. The monoisotopic (exact) mass is 249 g/mol. The van der Waals surface area contributed by atoms with Gasteiger partial charge in [-0.3, -0.25) is 4.79 Å². The Morgan fingerprint density at radius 2 is 2.28 bits per heavy atom. The first kappa shape index (κ1) is 12.7. The molecule has 0 bridgehead atoms. The quantitative estimate of drug-likeness (QED) is 0.779. The third-order valence-electron chi connectivity index (χ3n) is 3.17. The standard InChI is InChI=1S/C13H19N3O2/c1-9(7-14)4-5-16-11-6-10(15)2-3-12(11)18-8-13(16)17/h2-3,6,9H,4-5,7-8,14-15H2,1H3. The van der Waals surface area contributed by atoms with Crippen molar-refractivity contribution in [2.24, 2.45) is 11.7 Å². The predicted molar refractivity (Wildman–Crippen MR) is 71.5 cm³/mol. The van der Waals surface area contributed by atoms with E-state index in [4.69, 9.17) is 16.2 Å². The second kappa shape index (κ2) is 5.27. The molecule has 0 saturated carbocycles. The second-order valence-electron chi connectivity index (χ2n) is 4.69. The third kappa shape index (κ3) is 2.56. The molecule has 1 aromatic carbocycles. The van der Waals surface area contributed by atoms with Crippen molar-refractivity contribution >= 4 is 17.3 Å². The highest BCUT2D eigenvalue weighted by Gasteiger charge is 2.25. The summed E-state index contributed by atoms with van der Waals surface area (Å²) >= 11 is 0. The number of hydrogen-bond acceptors (Lipinski definition) is 4. The van der Waals surface area contributed by atoms with Gasteiger partial charge in [-0.25, -0.2) is 0 Å². The Labute approximate surface area is 107 Å². The number of hydrogen-bond donors (Lipinski definition) is 2. The summed E-state index contributed by atoms with van der Waals surface area (Å²) in [5.41, 5.74) is 12.7. The first-order chi connectivity index (χ1) is 8.61. The molecule has 1 atom stereocenters. The van der Waals surface area contributed by atoms with Gasteiger partial charge in [-0.2, -0.15) is 0 Å². The van der Waals surface area contributed by atoms with E-state index in [1.165, 1.54) is 0 Å². The van der Waals surface area contributed by atoms with Crippen LogP contribution in [0, 0.1) is 5.92 Å². The van der Waals surface area contributed by atoms with Crippen molar-refractivity contribution in [1.29, 1.82) is 0 Å². The minimum Gasteiger partial charge on any atom is -0.482 e. The van der Waals surface area contributed by atoms with Crippen LogP contribution < -0.4 is 21.1 Å². The van der Waals surface area contributed by atoms with E-state index in [0.717, 1.165) is 12.1 Å². The lowest BCUT2D eigenvalue weighted by Crippen LogP contribution is -2.40. The number of anilines is 2. The van der Waals surface area contributed by atoms with Crippen LogP contribution in [0.25, 0.3) is 0 Å². The smallest absolute Gasteiger partial charge is 0.265 e. The van der Waals surface area contributed by atoms with Crippen molar-refractivity contribution in [1.82, 2.24) is 0 Å². The van der Waals surface area contributed by atoms with E-state index in [1.807, 2.05) is 0 Å². The van der Waals surface area contributed by atoms with Gasteiger partial charge in [0.1, 0.15) is 5.75 Å². The second-order valence-corrected chi connectivity index (χ2v) is 4.69. The molecule has 98 valence electrons. The molecule has 1 aromatic rings. The average Bonchev–Trinajstić information content (AvgIpc) is 2.37. The minimum atomic E-state index is -0.0303. The van der Waals surface area contributed by atoms with Gasteiger partial charge in [0.25, 0.3) is 5.91 Å². The van der Waals surface area contributed by atoms with Gasteiger partial charge in [-0.05, 0) is 37.1 Å². The summed E-state index contributed by atoms with van der Waals surface area (Å²) in [7, 11) is 0. The molecule has 1 aliphatic rings. The normalized spacial score (nSPS) is 16.1. The van der Waals surface area contributed by atoms with Crippen molar-refractivity contribution in [3.63, 3.8) is 0 Å². The Hall–Kier alpha value is -1.75. The maximum atomic E-state index is 11.9. The summed E-state index contributed by atoms with van der Waals surface area (Å²) in [5, 5.41) is 0. The van der Waals surface area contributed by atoms with E-state index in [-0.39, 0.29) is 12.5 Å². The lowest BCUT2D eigenvalue weighted by Gasteiger charge is -2.30. The molecule has 2 rings (SSSR count). The van der Waals surface area contributed by atoms with Gasteiger partial charge in [0.15, 0.2) is 6.61 Å². The molecule has 1 aliphatic heterocycles. The first-order valence-corrected chi connectivity index (χ1v) is 6.14. The number of fused-ring (bicyclic) bond motifs is 1. The zero-order valence-corrected chi connectivity index (χ0v) is 10.6. The molecule has 0 saturated heterocycles. The van der Waals surface area contributed by atoms with Gasteiger partial charge in [-0.1, -0.05) is 6.92 Å². The van der Waals surface area contributed by atoms with Crippen LogP contribution in [0.5, 0.6) is 5.75 Å². The van der Waals surface area contributed by atoms with Crippen LogP contribution in [0.3, 0.4) is 0 Å². The van der Waals surface area contributed by atoms with Gasteiger partial charge in [0, 0.05) is 12.2 Å². The number of carbonyl (C=O) groups is 1. The van der Waals surface area contributed by atoms with Crippen LogP contribution in [-0.4, -0.2) is 25.6 Å². The highest BCUT2D eigenvalue weighted by Crippen LogP contribution is 2.33. The highest BCUT2D eigenvalue weighted by atomic mass is 16.5. The summed E-state index contributed by atoms with van der Waals surface area (Å²) in [4.78, 5) is 13.6. The van der Waals surface area contributed by atoms with E-state index in [1.54, 1.807) is 23.1 Å². The molecule has 4 N–H and O–H groups in total. The van der Waals surface area contributed by atoms with Crippen molar-refractivity contribution in [2.75, 3.05) is 30.3 Å². The fourth-order valence-corrected chi connectivity index (χ4v) is 1.93. The van der Waals surface area contributed by atoms with Gasteiger partial charge in [0.2, 0.25) is 0 Å². The van der Waals surface area contributed by atoms with Crippen LogP contribution in [0.4, 0.5) is 11.4 Å². The fraction of sp³-hybridized carbons (Fsp3) is 0.462. The van der Waals surface area contributed by atoms with E-state index in [0.29, 0.717) is 30.4 Å². The summed E-state index contributed by atoms with van der Waals surface area (Å²) in [6, 6.07) is 5.35. The lowest BCUT2D eigenvalue weighted by atomic mass is 10.1. The Bertz CT molecular complexity index is 448. The number of carbonyl (C=O) groups excluding carboxylic acids is 1. The number of rotatable bonds is 4. The number of ether oxygens (including phenoxy) is 1. The number of benzene rings is 1. The average molecular weight is 249 g/mol.